The Bertz CT molecular complexity index is 4420. The van der Waals surface area contributed by atoms with Crippen LogP contribution in [0.1, 0.15) is 0 Å². The van der Waals surface area contributed by atoms with Crippen molar-refractivity contribution in [2.45, 2.75) is 0 Å². The molecule has 15 rings (SSSR count). The predicted molar refractivity (Wildman–Crippen MR) is 304 cm³/mol. The zero-order chi connectivity index (χ0) is 48.0. The molecule has 0 aliphatic carbocycles. The van der Waals surface area contributed by atoms with Crippen molar-refractivity contribution in [1.29, 1.82) is 0 Å². The first-order chi connectivity index (χ1) is 36.2. The van der Waals surface area contributed by atoms with Gasteiger partial charge in [-0.25, -0.2) is 9.97 Å². The molecule has 338 valence electrons. The van der Waals surface area contributed by atoms with Crippen LogP contribution in [0.2, 0.25) is 0 Å². The fourth-order valence-corrected chi connectivity index (χ4v) is 11.4. The van der Waals surface area contributed by atoms with Crippen molar-refractivity contribution in [2.24, 2.45) is 0 Å². The number of para-hydroxylation sites is 2. The topological polar surface area (TPSA) is 56.5 Å². The average molecular weight is 928 g/mol. The van der Waals surface area contributed by atoms with Gasteiger partial charge in [-0.05, 0) is 110 Å². The monoisotopic (exact) mass is 927 g/mol. The second kappa shape index (κ2) is 16.4. The van der Waals surface area contributed by atoms with Gasteiger partial charge >= 0.3 is 0 Å². The van der Waals surface area contributed by atoms with Crippen molar-refractivity contribution in [2.75, 3.05) is 0 Å². The van der Waals surface area contributed by atoms with Gasteiger partial charge < -0.3 is 4.57 Å². The number of aromatic nitrogens is 5. The molecule has 0 saturated carbocycles. The first-order valence-corrected chi connectivity index (χ1v) is 24.8. The molecule has 5 nitrogen and oxygen atoms in total. The number of hydrogen-bond donors (Lipinski definition) is 0. The lowest BCUT2D eigenvalue weighted by Gasteiger charge is -2.15. The molecule has 0 atom stereocenters. The van der Waals surface area contributed by atoms with Crippen molar-refractivity contribution < 1.29 is 0 Å². The smallest absolute Gasteiger partial charge is 0.0979 e. The maximum Gasteiger partial charge on any atom is 0.0979 e. The standard InChI is InChI=1S/C68H41N5/c1-5-28-57-51(22-1)53-24-3-7-30-59(53)67-65(57)69-40-61(71-67)45-19-13-16-42(34-45)47-36-48(38-49(37-47)44-18-15-21-50(39-44)73-63-32-11-9-26-55(63)56-27-10-12-33-64(56)73)43-17-14-20-46(35-43)62-41-70-66-58-29-6-2-23-52(58)54-25-4-8-31-60(54)68(66)72-62/h1-41H. The lowest BCUT2D eigenvalue weighted by atomic mass is 9.91. The number of fused-ring (bicyclic) bond motifs is 15. The normalized spacial score (nSPS) is 11.8. The molecule has 0 aliphatic heterocycles. The molecule has 0 aliphatic rings. The van der Waals surface area contributed by atoms with Crippen LogP contribution in [-0.2, 0) is 0 Å². The quantitative estimate of drug-likeness (QED) is 0.156. The summed E-state index contributed by atoms with van der Waals surface area (Å²) in [5.41, 5.74) is 17.3. The van der Waals surface area contributed by atoms with E-state index >= 15 is 0 Å². The van der Waals surface area contributed by atoms with Crippen molar-refractivity contribution >= 4 is 87.0 Å². The molecule has 0 fully saturated rings. The Hall–Kier alpha value is -9.84. The van der Waals surface area contributed by atoms with Crippen LogP contribution in [-0.4, -0.2) is 24.5 Å². The maximum atomic E-state index is 5.38. The Kier molecular flexibility index (Phi) is 9.19. The van der Waals surface area contributed by atoms with E-state index in [0.29, 0.717) is 0 Å². The summed E-state index contributed by atoms with van der Waals surface area (Å²) in [5, 5.41) is 11.6. The van der Waals surface area contributed by atoms with Crippen LogP contribution in [0.3, 0.4) is 0 Å². The maximum absolute atomic E-state index is 5.38. The first kappa shape index (κ1) is 41.0. The van der Waals surface area contributed by atoms with Gasteiger partial charge in [0.05, 0.1) is 56.9 Å². The third-order valence-electron chi connectivity index (χ3n) is 14.8. The fraction of sp³-hybridized carbons (Fsp3) is 0. The van der Waals surface area contributed by atoms with E-state index in [1.54, 1.807) is 0 Å². The molecule has 5 heteroatoms. The van der Waals surface area contributed by atoms with E-state index in [1.807, 2.05) is 12.4 Å². The third kappa shape index (κ3) is 6.63. The minimum Gasteiger partial charge on any atom is -0.309 e. The summed E-state index contributed by atoms with van der Waals surface area (Å²) in [6.07, 6.45) is 3.86. The lowest BCUT2D eigenvalue weighted by Crippen LogP contribution is -1.95. The predicted octanol–water partition coefficient (Wildman–Crippen LogP) is 17.6. The van der Waals surface area contributed by atoms with Crippen molar-refractivity contribution in [3.05, 3.63) is 249 Å². The van der Waals surface area contributed by atoms with Gasteiger partial charge in [0.25, 0.3) is 0 Å². The number of benzene rings is 12. The molecular formula is C68H41N5. The van der Waals surface area contributed by atoms with Gasteiger partial charge in [-0.15, -0.1) is 0 Å². The largest absolute Gasteiger partial charge is 0.309 e. The van der Waals surface area contributed by atoms with E-state index in [2.05, 4.69) is 241 Å². The fourth-order valence-electron chi connectivity index (χ4n) is 11.4. The van der Waals surface area contributed by atoms with Gasteiger partial charge in [-0.2, -0.15) is 0 Å². The summed E-state index contributed by atoms with van der Waals surface area (Å²) < 4.78 is 2.39. The van der Waals surface area contributed by atoms with Crippen LogP contribution in [0.25, 0.3) is 149 Å². The van der Waals surface area contributed by atoms with Crippen LogP contribution in [0.5, 0.6) is 0 Å². The van der Waals surface area contributed by atoms with Crippen LogP contribution < -0.4 is 0 Å². The first-order valence-electron chi connectivity index (χ1n) is 24.8. The molecule has 0 N–H and O–H groups in total. The van der Waals surface area contributed by atoms with Crippen LogP contribution in [0, 0.1) is 0 Å². The highest BCUT2D eigenvalue weighted by molar-refractivity contribution is 6.24. The van der Waals surface area contributed by atoms with Crippen LogP contribution in [0.15, 0.2) is 249 Å². The van der Waals surface area contributed by atoms with E-state index in [1.165, 1.54) is 43.4 Å². The molecule has 73 heavy (non-hydrogen) atoms. The Balaban J connectivity index is 0.895. The van der Waals surface area contributed by atoms with Crippen LogP contribution >= 0.6 is 0 Å². The molecule has 0 unspecified atom stereocenters. The SMILES string of the molecule is c1cc(-c2cc(-c3cccc(-c4cnc5c6ccccc6c6ccccc6c5n4)c3)cc(-c3cccc(-n4c5ccccc5c5ccccc54)c3)c2)cc(-c2cnc3c4ccccc4c4ccccc4c3n2)c1. The molecular weight excluding hydrogens is 887 g/mol. The Labute approximate surface area is 420 Å². The molecule has 3 heterocycles. The highest BCUT2D eigenvalue weighted by atomic mass is 15.0. The van der Waals surface area contributed by atoms with Crippen LogP contribution in [0.4, 0.5) is 0 Å². The van der Waals surface area contributed by atoms with E-state index < -0.39 is 0 Å². The van der Waals surface area contributed by atoms with Gasteiger partial charge in [-0.1, -0.05) is 182 Å². The van der Waals surface area contributed by atoms with Gasteiger partial charge in [0.2, 0.25) is 0 Å². The second-order valence-electron chi connectivity index (χ2n) is 19.0. The summed E-state index contributed by atoms with van der Waals surface area (Å²) in [6.45, 7) is 0. The van der Waals surface area contributed by atoms with Gasteiger partial charge in [-0.3, -0.25) is 9.97 Å². The minimum absolute atomic E-state index is 0.829. The molecule has 3 aromatic heterocycles. The van der Waals surface area contributed by atoms with Gasteiger partial charge in [0.1, 0.15) is 0 Å². The highest BCUT2D eigenvalue weighted by Gasteiger charge is 2.17. The van der Waals surface area contributed by atoms with Crippen molar-refractivity contribution in [1.82, 2.24) is 24.5 Å². The van der Waals surface area contributed by atoms with E-state index in [-0.39, 0.29) is 0 Å². The summed E-state index contributed by atoms with van der Waals surface area (Å²) >= 11 is 0. The number of nitrogens with zero attached hydrogens (tertiary/aromatic N) is 5. The molecule has 0 amide bonds. The Morgan fingerprint density at radius 2 is 0.548 bits per heavy atom. The van der Waals surface area contributed by atoms with E-state index in [0.717, 1.165) is 105 Å². The average Bonchev–Trinajstić information content (AvgIpc) is 3.82. The zero-order valence-corrected chi connectivity index (χ0v) is 39.4. The number of hydrogen-bond acceptors (Lipinski definition) is 4. The minimum atomic E-state index is 0.829. The summed E-state index contributed by atoms with van der Waals surface area (Å²) in [7, 11) is 0. The van der Waals surface area contributed by atoms with Gasteiger partial charge in [0, 0.05) is 49.1 Å². The van der Waals surface area contributed by atoms with E-state index in [4.69, 9.17) is 19.9 Å². The highest BCUT2D eigenvalue weighted by Crippen LogP contribution is 2.40. The molecule has 15 aromatic rings. The Morgan fingerprint density at radius 1 is 0.233 bits per heavy atom. The molecule has 0 saturated heterocycles. The summed E-state index contributed by atoms with van der Waals surface area (Å²) in [6, 6.07) is 84.8. The molecule has 0 bridgehead atoms. The van der Waals surface area contributed by atoms with Crippen molar-refractivity contribution in [3.63, 3.8) is 0 Å². The summed E-state index contributed by atoms with van der Waals surface area (Å²) in [4.78, 5) is 21.0. The molecule has 0 spiro atoms. The number of rotatable bonds is 6. The zero-order valence-electron chi connectivity index (χ0n) is 39.4. The Morgan fingerprint density at radius 3 is 0.973 bits per heavy atom. The third-order valence-corrected chi connectivity index (χ3v) is 14.8. The van der Waals surface area contributed by atoms with Gasteiger partial charge in [0.15, 0.2) is 0 Å². The molecule has 0 radical (unpaired) electrons. The lowest BCUT2D eigenvalue weighted by molar-refractivity contribution is 1.18. The molecule has 12 aromatic carbocycles. The second-order valence-corrected chi connectivity index (χ2v) is 19.0. The van der Waals surface area contributed by atoms with E-state index in [9.17, 15) is 0 Å². The summed E-state index contributed by atoms with van der Waals surface area (Å²) in [5.74, 6) is 0. The van der Waals surface area contributed by atoms with Crippen molar-refractivity contribution in [3.8, 4) is 61.6 Å².